The number of aryl methyl sites for hydroxylation is 1. The second-order valence-electron chi connectivity index (χ2n) is 4.73. The topological polar surface area (TPSA) is 43.9 Å². The first-order valence-corrected chi connectivity index (χ1v) is 6.30. The van der Waals surface area contributed by atoms with Crippen LogP contribution in [0.2, 0.25) is 0 Å². The summed E-state index contributed by atoms with van der Waals surface area (Å²) < 4.78 is 7.24. The molecule has 1 aliphatic rings. The summed E-state index contributed by atoms with van der Waals surface area (Å²) in [5.74, 6) is 1.79. The van der Waals surface area contributed by atoms with Gasteiger partial charge in [-0.1, -0.05) is 19.3 Å². The molecule has 4 nitrogen and oxygen atoms in total. The monoisotopic (exact) mass is 231 g/mol. The predicted molar refractivity (Wildman–Crippen MR) is 64.6 cm³/mol. The largest absolute Gasteiger partial charge is 0.472 e. The molecule has 0 radical (unpaired) electrons. The number of hydrogen-bond acceptors (Lipinski definition) is 3. The Balaban J connectivity index is 1.98. The van der Waals surface area contributed by atoms with Crippen molar-refractivity contribution in [2.24, 2.45) is 0 Å². The van der Waals surface area contributed by atoms with Crippen LogP contribution in [0.3, 0.4) is 0 Å². The van der Waals surface area contributed by atoms with Crippen LogP contribution in [0, 0.1) is 6.92 Å². The molecule has 2 aromatic heterocycles. The maximum absolute atomic E-state index is 5.14. The second kappa shape index (κ2) is 4.35. The minimum Gasteiger partial charge on any atom is -0.472 e. The van der Waals surface area contributed by atoms with Crippen LogP contribution in [0.1, 0.15) is 44.0 Å². The zero-order valence-electron chi connectivity index (χ0n) is 10.1. The van der Waals surface area contributed by atoms with Gasteiger partial charge in [-0.25, -0.2) is 9.67 Å². The molecule has 0 atom stereocenters. The molecule has 1 fully saturated rings. The molecule has 4 heteroatoms. The first-order valence-electron chi connectivity index (χ1n) is 6.30. The lowest BCUT2D eigenvalue weighted by molar-refractivity contribution is 0.331. The summed E-state index contributed by atoms with van der Waals surface area (Å²) in [5.41, 5.74) is 1.02. The van der Waals surface area contributed by atoms with Crippen molar-refractivity contribution in [1.29, 1.82) is 0 Å². The SMILES string of the molecule is Cc1nc(-c2ccoc2)n(C2CCCCC2)n1. The van der Waals surface area contributed by atoms with Crippen LogP contribution < -0.4 is 0 Å². The van der Waals surface area contributed by atoms with Gasteiger partial charge in [0.2, 0.25) is 0 Å². The van der Waals surface area contributed by atoms with Gasteiger partial charge in [0, 0.05) is 0 Å². The van der Waals surface area contributed by atoms with Crippen molar-refractivity contribution < 1.29 is 4.42 Å². The molecular formula is C13H17N3O. The van der Waals surface area contributed by atoms with Gasteiger partial charge in [0.1, 0.15) is 12.1 Å². The van der Waals surface area contributed by atoms with Gasteiger partial charge < -0.3 is 4.42 Å². The number of hydrogen-bond donors (Lipinski definition) is 0. The molecule has 2 aromatic rings. The van der Waals surface area contributed by atoms with Gasteiger partial charge in [0.15, 0.2) is 5.82 Å². The van der Waals surface area contributed by atoms with E-state index in [2.05, 4.69) is 14.8 Å². The minimum absolute atomic E-state index is 0.509. The van der Waals surface area contributed by atoms with Crippen molar-refractivity contribution in [3.8, 4) is 11.4 Å². The van der Waals surface area contributed by atoms with Crippen LogP contribution in [-0.4, -0.2) is 14.8 Å². The highest BCUT2D eigenvalue weighted by Gasteiger charge is 2.21. The van der Waals surface area contributed by atoms with Crippen LogP contribution in [0.5, 0.6) is 0 Å². The molecule has 2 heterocycles. The molecule has 0 bridgehead atoms. The van der Waals surface area contributed by atoms with Crippen molar-refractivity contribution in [2.75, 3.05) is 0 Å². The molecule has 0 aromatic carbocycles. The normalized spacial score (nSPS) is 17.5. The maximum Gasteiger partial charge on any atom is 0.161 e. The Morgan fingerprint density at radius 3 is 2.82 bits per heavy atom. The fourth-order valence-electron chi connectivity index (χ4n) is 2.60. The number of rotatable bonds is 2. The Kier molecular flexibility index (Phi) is 2.71. The Bertz CT molecular complexity index is 481. The molecule has 17 heavy (non-hydrogen) atoms. The standard InChI is InChI=1S/C13H17N3O/c1-10-14-13(11-7-8-17-9-11)16(15-10)12-5-3-2-4-6-12/h7-9,12H,2-6H2,1H3. The van der Waals surface area contributed by atoms with E-state index < -0.39 is 0 Å². The molecule has 0 N–H and O–H groups in total. The van der Waals surface area contributed by atoms with Gasteiger partial charge in [-0.15, -0.1) is 0 Å². The summed E-state index contributed by atoms with van der Waals surface area (Å²) in [4.78, 5) is 4.52. The van der Waals surface area contributed by atoms with E-state index in [4.69, 9.17) is 4.42 Å². The van der Waals surface area contributed by atoms with E-state index in [-0.39, 0.29) is 0 Å². The molecule has 0 saturated heterocycles. The quantitative estimate of drug-likeness (QED) is 0.796. The number of furan rings is 1. The van der Waals surface area contributed by atoms with Crippen LogP contribution >= 0.6 is 0 Å². The molecule has 0 aliphatic heterocycles. The van der Waals surface area contributed by atoms with E-state index in [0.29, 0.717) is 6.04 Å². The fourth-order valence-corrected chi connectivity index (χ4v) is 2.60. The second-order valence-corrected chi connectivity index (χ2v) is 4.73. The highest BCUT2D eigenvalue weighted by atomic mass is 16.3. The predicted octanol–water partition coefficient (Wildman–Crippen LogP) is 3.35. The van der Waals surface area contributed by atoms with E-state index in [1.165, 1.54) is 32.1 Å². The molecule has 1 aliphatic carbocycles. The van der Waals surface area contributed by atoms with E-state index in [1.807, 2.05) is 13.0 Å². The third-order valence-electron chi connectivity index (χ3n) is 3.44. The van der Waals surface area contributed by atoms with Crippen LogP contribution in [-0.2, 0) is 0 Å². The van der Waals surface area contributed by atoms with Gasteiger partial charge in [-0.2, -0.15) is 5.10 Å². The Morgan fingerprint density at radius 1 is 1.29 bits per heavy atom. The third kappa shape index (κ3) is 1.99. The molecular weight excluding hydrogens is 214 g/mol. The fraction of sp³-hybridized carbons (Fsp3) is 0.538. The van der Waals surface area contributed by atoms with Crippen molar-refractivity contribution in [2.45, 2.75) is 45.1 Å². The smallest absolute Gasteiger partial charge is 0.161 e. The zero-order chi connectivity index (χ0) is 11.7. The highest BCUT2D eigenvalue weighted by Crippen LogP contribution is 2.31. The highest BCUT2D eigenvalue weighted by molar-refractivity contribution is 5.53. The first kappa shape index (κ1) is 10.6. The van der Waals surface area contributed by atoms with Crippen LogP contribution in [0.4, 0.5) is 0 Å². The zero-order valence-corrected chi connectivity index (χ0v) is 10.1. The van der Waals surface area contributed by atoms with Crippen molar-refractivity contribution in [3.05, 3.63) is 24.4 Å². The van der Waals surface area contributed by atoms with Gasteiger partial charge in [-0.3, -0.25) is 0 Å². The van der Waals surface area contributed by atoms with E-state index >= 15 is 0 Å². The van der Waals surface area contributed by atoms with Gasteiger partial charge in [0.05, 0.1) is 17.9 Å². The van der Waals surface area contributed by atoms with Crippen LogP contribution in [0.15, 0.2) is 23.0 Å². The molecule has 1 saturated carbocycles. The van der Waals surface area contributed by atoms with Gasteiger partial charge in [-0.05, 0) is 25.8 Å². The Labute approximate surface area is 101 Å². The molecule has 0 spiro atoms. The Hall–Kier alpha value is -1.58. The van der Waals surface area contributed by atoms with E-state index in [0.717, 1.165) is 17.2 Å². The van der Waals surface area contributed by atoms with Crippen molar-refractivity contribution >= 4 is 0 Å². The lowest BCUT2D eigenvalue weighted by Crippen LogP contribution is -2.15. The third-order valence-corrected chi connectivity index (χ3v) is 3.44. The Morgan fingerprint density at radius 2 is 2.12 bits per heavy atom. The summed E-state index contributed by atoms with van der Waals surface area (Å²) in [6, 6.07) is 2.46. The summed E-state index contributed by atoms with van der Waals surface area (Å²) >= 11 is 0. The number of aromatic nitrogens is 3. The minimum atomic E-state index is 0.509. The summed E-state index contributed by atoms with van der Waals surface area (Å²) in [7, 11) is 0. The summed E-state index contributed by atoms with van der Waals surface area (Å²) in [5, 5.41) is 4.55. The molecule has 0 amide bonds. The average molecular weight is 231 g/mol. The lowest BCUT2D eigenvalue weighted by atomic mass is 9.95. The van der Waals surface area contributed by atoms with Crippen molar-refractivity contribution in [3.63, 3.8) is 0 Å². The lowest BCUT2D eigenvalue weighted by Gasteiger charge is -2.22. The first-order chi connectivity index (χ1) is 8.34. The number of nitrogens with zero attached hydrogens (tertiary/aromatic N) is 3. The molecule has 90 valence electrons. The van der Waals surface area contributed by atoms with E-state index in [9.17, 15) is 0 Å². The van der Waals surface area contributed by atoms with Gasteiger partial charge in [0.25, 0.3) is 0 Å². The van der Waals surface area contributed by atoms with Crippen LogP contribution in [0.25, 0.3) is 11.4 Å². The maximum atomic E-state index is 5.14. The van der Waals surface area contributed by atoms with E-state index in [1.54, 1.807) is 12.5 Å². The average Bonchev–Trinajstić information content (AvgIpc) is 2.98. The molecule has 3 rings (SSSR count). The van der Waals surface area contributed by atoms with Gasteiger partial charge >= 0.3 is 0 Å². The summed E-state index contributed by atoms with van der Waals surface area (Å²) in [6.45, 7) is 1.95. The molecule has 0 unspecified atom stereocenters. The van der Waals surface area contributed by atoms with Crippen molar-refractivity contribution in [1.82, 2.24) is 14.8 Å². The summed E-state index contributed by atoms with van der Waals surface area (Å²) in [6.07, 6.45) is 9.81.